The van der Waals surface area contributed by atoms with Crippen LogP contribution in [0.15, 0.2) is 0 Å². The third kappa shape index (κ3) is 7.82. The van der Waals surface area contributed by atoms with Crippen LogP contribution in [-0.4, -0.2) is 48.6 Å². The van der Waals surface area contributed by atoms with Crippen molar-refractivity contribution in [3.8, 4) is 0 Å². The van der Waals surface area contributed by atoms with Gasteiger partial charge in [0.05, 0.1) is 19.7 Å². The van der Waals surface area contributed by atoms with Crippen LogP contribution in [0.4, 0.5) is 0 Å². The second kappa shape index (κ2) is 8.91. The number of hydrogen-bond acceptors (Lipinski definition) is 4. The zero-order valence-electron chi connectivity index (χ0n) is 13.0. The molecular weight excluding hydrogens is 244 g/mol. The van der Waals surface area contributed by atoms with E-state index in [0.717, 1.165) is 0 Å². The van der Waals surface area contributed by atoms with Gasteiger partial charge >= 0.3 is 5.97 Å². The van der Waals surface area contributed by atoms with E-state index < -0.39 is 0 Å². The molecule has 0 bridgehead atoms. The molecular formula is C14H28N2O3. The summed E-state index contributed by atoms with van der Waals surface area (Å²) < 4.78 is 4.91. The molecule has 0 aromatic rings. The van der Waals surface area contributed by atoms with E-state index in [1.165, 1.54) is 0 Å². The number of nitrogens with one attached hydrogen (secondary N) is 1. The molecule has 0 saturated heterocycles. The molecule has 19 heavy (non-hydrogen) atoms. The SMILES string of the molecule is CCOC(=O)CN(CC(=O)NC(C)C(C)C)C(C)C. The van der Waals surface area contributed by atoms with E-state index in [2.05, 4.69) is 19.2 Å². The van der Waals surface area contributed by atoms with Gasteiger partial charge in [-0.25, -0.2) is 0 Å². The number of hydrogen-bond donors (Lipinski definition) is 1. The molecule has 0 aromatic heterocycles. The summed E-state index contributed by atoms with van der Waals surface area (Å²) in [6.07, 6.45) is 0. The quantitative estimate of drug-likeness (QED) is 0.679. The Kier molecular flexibility index (Phi) is 8.39. The highest BCUT2D eigenvalue weighted by molar-refractivity contribution is 5.79. The van der Waals surface area contributed by atoms with Gasteiger partial charge in [0, 0.05) is 12.1 Å². The number of carbonyl (C=O) groups excluding carboxylic acids is 2. The fraction of sp³-hybridized carbons (Fsp3) is 0.857. The van der Waals surface area contributed by atoms with Crippen LogP contribution in [0, 0.1) is 5.92 Å². The van der Waals surface area contributed by atoms with Gasteiger partial charge in [-0.2, -0.15) is 0 Å². The molecule has 0 aliphatic heterocycles. The van der Waals surface area contributed by atoms with Crippen molar-refractivity contribution in [2.75, 3.05) is 19.7 Å². The number of carbonyl (C=O) groups is 2. The fourth-order valence-electron chi connectivity index (χ4n) is 1.44. The van der Waals surface area contributed by atoms with E-state index in [9.17, 15) is 9.59 Å². The lowest BCUT2D eigenvalue weighted by molar-refractivity contribution is -0.145. The number of nitrogens with zero attached hydrogens (tertiary/aromatic N) is 1. The van der Waals surface area contributed by atoms with E-state index in [0.29, 0.717) is 12.5 Å². The van der Waals surface area contributed by atoms with E-state index in [1.54, 1.807) is 11.8 Å². The molecule has 5 nitrogen and oxygen atoms in total. The Morgan fingerprint density at radius 3 is 2.11 bits per heavy atom. The molecule has 112 valence electrons. The standard InChI is InChI=1S/C14H28N2O3/c1-7-19-14(18)9-16(11(4)5)8-13(17)15-12(6)10(2)3/h10-12H,7-9H2,1-6H3,(H,15,17). The zero-order chi connectivity index (χ0) is 15.0. The minimum atomic E-state index is -0.291. The highest BCUT2D eigenvalue weighted by atomic mass is 16.5. The van der Waals surface area contributed by atoms with Gasteiger partial charge in [-0.3, -0.25) is 14.5 Å². The molecule has 0 aromatic carbocycles. The van der Waals surface area contributed by atoms with Crippen molar-refractivity contribution in [1.82, 2.24) is 10.2 Å². The van der Waals surface area contributed by atoms with Crippen LogP contribution >= 0.6 is 0 Å². The second-order valence-corrected chi connectivity index (χ2v) is 5.40. The monoisotopic (exact) mass is 272 g/mol. The Morgan fingerprint density at radius 2 is 1.68 bits per heavy atom. The Morgan fingerprint density at radius 1 is 1.11 bits per heavy atom. The molecule has 0 spiro atoms. The second-order valence-electron chi connectivity index (χ2n) is 5.40. The third-order valence-electron chi connectivity index (χ3n) is 3.10. The van der Waals surface area contributed by atoms with Gasteiger partial charge in [0.25, 0.3) is 0 Å². The number of amides is 1. The molecule has 1 amide bonds. The Balaban J connectivity index is 4.34. The largest absolute Gasteiger partial charge is 0.465 e. The van der Waals surface area contributed by atoms with Crippen LogP contribution in [0.25, 0.3) is 0 Å². The van der Waals surface area contributed by atoms with Gasteiger partial charge in [0.2, 0.25) is 5.91 Å². The minimum Gasteiger partial charge on any atom is -0.465 e. The molecule has 5 heteroatoms. The lowest BCUT2D eigenvalue weighted by Crippen LogP contribution is -2.46. The Hall–Kier alpha value is -1.10. The smallest absolute Gasteiger partial charge is 0.320 e. The van der Waals surface area contributed by atoms with E-state index in [4.69, 9.17) is 4.74 Å². The molecule has 0 aliphatic carbocycles. The maximum Gasteiger partial charge on any atom is 0.320 e. The van der Waals surface area contributed by atoms with Crippen LogP contribution < -0.4 is 5.32 Å². The van der Waals surface area contributed by atoms with Gasteiger partial charge < -0.3 is 10.1 Å². The van der Waals surface area contributed by atoms with Gasteiger partial charge in [-0.05, 0) is 33.6 Å². The molecule has 1 atom stereocenters. The summed E-state index contributed by atoms with van der Waals surface area (Å²) in [6, 6.07) is 0.244. The third-order valence-corrected chi connectivity index (χ3v) is 3.10. The van der Waals surface area contributed by atoms with Crippen LogP contribution in [-0.2, 0) is 14.3 Å². The summed E-state index contributed by atoms with van der Waals surface area (Å²) in [5.74, 6) is 0.0432. The molecule has 0 heterocycles. The first kappa shape index (κ1) is 17.9. The Bertz CT molecular complexity index is 290. The average Bonchev–Trinajstić information content (AvgIpc) is 2.27. The maximum atomic E-state index is 11.9. The van der Waals surface area contributed by atoms with Crippen molar-refractivity contribution in [3.63, 3.8) is 0 Å². The average molecular weight is 272 g/mol. The maximum absolute atomic E-state index is 11.9. The van der Waals surface area contributed by atoms with Crippen LogP contribution in [0.3, 0.4) is 0 Å². The fourth-order valence-corrected chi connectivity index (χ4v) is 1.44. The van der Waals surface area contributed by atoms with Crippen LogP contribution in [0.2, 0.25) is 0 Å². The molecule has 1 unspecified atom stereocenters. The molecule has 0 aliphatic rings. The van der Waals surface area contributed by atoms with E-state index in [1.807, 2.05) is 20.8 Å². The van der Waals surface area contributed by atoms with E-state index in [-0.39, 0.29) is 37.0 Å². The molecule has 1 N–H and O–H groups in total. The number of rotatable bonds is 8. The van der Waals surface area contributed by atoms with Crippen molar-refractivity contribution >= 4 is 11.9 Å². The summed E-state index contributed by atoms with van der Waals surface area (Å²) in [6.45, 7) is 12.5. The van der Waals surface area contributed by atoms with Gasteiger partial charge in [0.15, 0.2) is 0 Å². The molecule has 0 radical (unpaired) electrons. The van der Waals surface area contributed by atoms with Crippen molar-refractivity contribution in [1.29, 1.82) is 0 Å². The van der Waals surface area contributed by atoms with Crippen LogP contribution in [0.1, 0.15) is 41.5 Å². The summed E-state index contributed by atoms with van der Waals surface area (Å²) >= 11 is 0. The number of ether oxygens (including phenoxy) is 1. The predicted octanol–water partition coefficient (Wildman–Crippen LogP) is 1.42. The van der Waals surface area contributed by atoms with Gasteiger partial charge in [0.1, 0.15) is 0 Å². The molecule has 0 fully saturated rings. The molecule has 0 rings (SSSR count). The van der Waals surface area contributed by atoms with Crippen molar-refractivity contribution in [2.24, 2.45) is 5.92 Å². The van der Waals surface area contributed by atoms with Crippen molar-refractivity contribution in [3.05, 3.63) is 0 Å². The molecule has 0 saturated carbocycles. The van der Waals surface area contributed by atoms with Gasteiger partial charge in [-0.1, -0.05) is 13.8 Å². The predicted molar refractivity (Wildman–Crippen MR) is 75.8 cm³/mol. The topological polar surface area (TPSA) is 58.6 Å². The lowest BCUT2D eigenvalue weighted by Gasteiger charge is -2.26. The highest BCUT2D eigenvalue weighted by Gasteiger charge is 2.19. The van der Waals surface area contributed by atoms with Gasteiger partial charge in [-0.15, -0.1) is 0 Å². The summed E-state index contributed by atoms with van der Waals surface area (Å²) in [4.78, 5) is 25.2. The summed E-state index contributed by atoms with van der Waals surface area (Å²) in [7, 11) is 0. The van der Waals surface area contributed by atoms with E-state index >= 15 is 0 Å². The minimum absolute atomic E-state index is 0.0563. The summed E-state index contributed by atoms with van der Waals surface area (Å²) in [5.41, 5.74) is 0. The first-order chi connectivity index (χ1) is 8.77. The number of esters is 1. The Labute approximate surface area is 116 Å². The zero-order valence-corrected chi connectivity index (χ0v) is 13.0. The first-order valence-electron chi connectivity index (χ1n) is 6.96. The lowest BCUT2D eigenvalue weighted by atomic mass is 10.1. The first-order valence-corrected chi connectivity index (χ1v) is 6.96. The van der Waals surface area contributed by atoms with Crippen LogP contribution in [0.5, 0.6) is 0 Å². The van der Waals surface area contributed by atoms with Crippen molar-refractivity contribution < 1.29 is 14.3 Å². The van der Waals surface area contributed by atoms with Crippen molar-refractivity contribution in [2.45, 2.75) is 53.6 Å². The summed E-state index contributed by atoms with van der Waals surface area (Å²) in [5, 5.41) is 2.94. The normalized spacial score (nSPS) is 12.9. The highest BCUT2D eigenvalue weighted by Crippen LogP contribution is 2.02.